The fourth-order valence-electron chi connectivity index (χ4n) is 1.01. The first-order valence-electron chi connectivity index (χ1n) is 5.55. The Morgan fingerprint density at radius 3 is 2.67 bits per heavy atom. The Labute approximate surface area is 93.0 Å². The van der Waals surface area contributed by atoms with E-state index in [0.717, 1.165) is 6.42 Å². The van der Waals surface area contributed by atoms with E-state index < -0.39 is 0 Å². The summed E-state index contributed by atoms with van der Waals surface area (Å²) in [4.78, 5) is 10.9. The first-order chi connectivity index (χ1) is 7.10. The van der Waals surface area contributed by atoms with Gasteiger partial charge in [0.05, 0.1) is 6.61 Å². The van der Waals surface area contributed by atoms with Crippen LogP contribution in [0.1, 0.15) is 33.6 Å². The van der Waals surface area contributed by atoms with Crippen molar-refractivity contribution < 1.29 is 9.53 Å². The summed E-state index contributed by atoms with van der Waals surface area (Å²) in [5.41, 5.74) is 0. The lowest BCUT2D eigenvalue weighted by Crippen LogP contribution is -2.10. The first kappa shape index (κ1) is 13.9. The molecule has 0 radical (unpaired) electrons. The van der Waals surface area contributed by atoms with Gasteiger partial charge in [-0.1, -0.05) is 39.0 Å². The van der Waals surface area contributed by atoms with Crippen molar-refractivity contribution in [2.24, 2.45) is 11.8 Å². The van der Waals surface area contributed by atoms with E-state index in [1.54, 1.807) is 6.92 Å². The maximum Gasteiger partial charge on any atom is 0.305 e. The highest BCUT2D eigenvalue weighted by molar-refractivity contribution is 5.68. The molecule has 2 unspecified atom stereocenters. The number of rotatable bonds is 7. The van der Waals surface area contributed by atoms with E-state index >= 15 is 0 Å². The lowest BCUT2D eigenvalue weighted by Gasteiger charge is -2.09. The van der Waals surface area contributed by atoms with Gasteiger partial charge in [0.15, 0.2) is 0 Å². The fraction of sp³-hybridized carbons (Fsp3) is 0.615. The number of esters is 1. The summed E-state index contributed by atoms with van der Waals surface area (Å²) in [7, 11) is 0. The summed E-state index contributed by atoms with van der Waals surface area (Å²) in [6, 6.07) is 0. The third-order valence-corrected chi connectivity index (χ3v) is 2.17. The van der Waals surface area contributed by atoms with Gasteiger partial charge in [-0.3, -0.25) is 4.79 Å². The van der Waals surface area contributed by atoms with Crippen LogP contribution in [0.2, 0.25) is 0 Å². The SMILES string of the molecule is C=CC(C)/C=C/CC(C)COC(=O)CC. The molecule has 86 valence electrons. The molecule has 0 N–H and O–H groups in total. The molecule has 0 aliphatic heterocycles. The van der Waals surface area contributed by atoms with Crippen LogP contribution in [-0.2, 0) is 9.53 Å². The summed E-state index contributed by atoms with van der Waals surface area (Å²) in [6.07, 6.45) is 7.53. The number of ether oxygens (including phenoxy) is 1. The summed E-state index contributed by atoms with van der Waals surface area (Å²) in [5, 5.41) is 0. The Morgan fingerprint density at radius 1 is 1.47 bits per heavy atom. The molecule has 0 bridgehead atoms. The molecule has 15 heavy (non-hydrogen) atoms. The van der Waals surface area contributed by atoms with E-state index in [-0.39, 0.29) is 5.97 Å². The molecular formula is C13H22O2. The summed E-state index contributed by atoms with van der Waals surface area (Å²) >= 11 is 0. The minimum atomic E-state index is -0.120. The van der Waals surface area contributed by atoms with Crippen LogP contribution in [0.5, 0.6) is 0 Å². The Bertz CT molecular complexity index is 219. The minimum Gasteiger partial charge on any atom is -0.465 e. The Morgan fingerprint density at radius 2 is 2.13 bits per heavy atom. The second-order valence-electron chi connectivity index (χ2n) is 3.90. The van der Waals surface area contributed by atoms with Crippen LogP contribution in [0.25, 0.3) is 0 Å². The van der Waals surface area contributed by atoms with E-state index in [2.05, 4.69) is 32.6 Å². The summed E-state index contributed by atoms with van der Waals surface area (Å²) < 4.78 is 5.04. The van der Waals surface area contributed by atoms with Crippen molar-refractivity contribution in [2.75, 3.05) is 6.61 Å². The van der Waals surface area contributed by atoms with Crippen LogP contribution < -0.4 is 0 Å². The third-order valence-electron chi connectivity index (χ3n) is 2.17. The third kappa shape index (κ3) is 7.98. The predicted octanol–water partition coefficient (Wildman–Crippen LogP) is 3.34. The molecule has 0 spiro atoms. The minimum absolute atomic E-state index is 0.120. The Hall–Kier alpha value is -1.05. The average molecular weight is 210 g/mol. The van der Waals surface area contributed by atoms with Crippen LogP contribution >= 0.6 is 0 Å². The van der Waals surface area contributed by atoms with Crippen LogP contribution in [-0.4, -0.2) is 12.6 Å². The fourth-order valence-corrected chi connectivity index (χ4v) is 1.01. The van der Waals surface area contributed by atoms with E-state index in [1.807, 2.05) is 6.08 Å². The highest BCUT2D eigenvalue weighted by Gasteiger charge is 2.03. The Kier molecular flexibility index (Phi) is 7.69. The summed E-state index contributed by atoms with van der Waals surface area (Å²) in [6.45, 7) is 10.2. The molecule has 0 aliphatic carbocycles. The number of allylic oxidation sites excluding steroid dienone is 3. The zero-order chi connectivity index (χ0) is 11.7. The van der Waals surface area contributed by atoms with Gasteiger partial charge in [0.25, 0.3) is 0 Å². The molecule has 2 nitrogen and oxygen atoms in total. The van der Waals surface area contributed by atoms with Gasteiger partial charge in [0.2, 0.25) is 0 Å². The lowest BCUT2D eigenvalue weighted by molar-refractivity contribution is -0.144. The smallest absolute Gasteiger partial charge is 0.305 e. The van der Waals surface area contributed by atoms with Gasteiger partial charge >= 0.3 is 5.97 Å². The van der Waals surface area contributed by atoms with E-state index in [4.69, 9.17) is 4.74 Å². The zero-order valence-electron chi connectivity index (χ0n) is 10.0. The van der Waals surface area contributed by atoms with E-state index in [9.17, 15) is 4.79 Å². The number of hydrogen-bond donors (Lipinski definition) is 0. The monoisotopic (exact) mass is 210 g/mol. The van der Waals surface area contributed by atoms with Crippen molar-refractivity contribution in [3.8, 4) is 0 Å². The van der Waals surface area contributed by atoms with Crippen molar-refractivity contribution in [1.82, 2.24) is 0 Å². The molecule has 0 saturated carbocycles. The molecule has 2 atom stereocenters. The average Bonchev–Trinajstić information content (AvgIpc) is 2.25. The highest BCUT2D eigenvalue weighted by Crippen LogP contribution is 2.06. The number of carbonyl (C=O) groups is 1. The second-order valence-corrected chi connectivity index (χ2v) is 3.90. The van der Waals surface area contributed by atoms with Crippen LogP contribution in [0.4, 0.5) is 0 Å². The van der Waals surface area contributed by atoms with Gasteiger partial charge in [-0.2, -0.15) is 0 Å². The van der Waals surface area contributed by atoms with E-state index in [0.29, 0.717) is 24.9 Å². The van der Waals surface area contributed by atoms with Gasteiger partial charge < -0.3 is 4.74 Å². The second kappa shape index (κ2) is 8.27. The van der Waals surface area contributed by atoms with Gasteiger partial charge in [-0.05, 0) is 18.3 Å². The van der Waals surface area contributed by atoms with Crippen molar-refractivity contribution >= 4 is 5.97 Å². The number of hydrogen-bond acceptors (Lipinski definition) is 2. The maximum atomic E-state index is 10.9. The molecule has 0 aromatic carbocycles. The molecule has 2 heteroatoms. The lowest BCUT2D eigenvalue weighted by atomic mass is 10.1. The van der Waals surface area contributed by atoms with Gasteiger partial charge in [0, 0.05) is 6.42 Å². The van der Waals surface area contributed by atoms with Crippen LogP contribution in [0, 0.1) is 11.8 Å². The van der Waals surface area contributed by atoms with Crippen LogP contribution in [0.3, 0.4) is 0 Å². The normalized spacial score (nSPS) is 14.9. The van der Waals surface area contributed by atoms with Crippen LogP contribution in [0.15, 0.2) is 24.8 Å². The molecule has 0 saturated heterocycles. The van der Waals surface area contributed by atoms with Gasteiger partial charge in [-0.15, -0.1) is 6.58 Å². The number of carbonyl (C=O) groups excluding carboxylic acids is 1. The largest absolute Gasteiger partial charge is 0.465 e. The standard InChI is InChI=1S/C13H22O2/c1-5-11(3)8-7-9-12(4)10-15-13(14)6-2/h5,7-8,11-12H,1,6,9-10H2,2-4H3/b8-7+. The zero-order valence-corrected chi connectivity index (χ0v) is 10.0. The first-order valence-corrected chi connectivity index (χ1v) is 5.55. The van der Waals surface area contributed by atoms with Crippen molar-refractivity contribution in [1.29, 1.82) is 0 Å². The highest BCUT2D eigenvalue weighted by atomic mass is 16.5. The Balaban J connectivity index is 3.65. The maximum absolute atomic E-state index is 10.9. The van der Waals surface area contributed by atoms with Gasteiger partial charge in [-0.25, -0.2) is 0 Å². The molecule has 0 rings (SSSR count). The van der Waals surface area contributed by atoms with Crippen molar-refractivity contribution in [2.45, 2.75) is 33.6 Å². The van der Waals surface area contributed by atoms with E-state index in [1.165, 1.54) is 0 Å². The molecule has 0 amide bonds. The topological polar surface area (TPSA) is 26.3 Å². The predicted molar refractivity (Wildman–Crippen MR) is 63.5 cm³/mol. The molecule has 0 aliphatic rings. The molecule has 0 heterocycles. The molecular weight excluding hydrogens is 188 g/mol. The molecule has 0 fully saturated rings. The van der Waals surface area contributed by atoms with Crippen molar-refractivity contribution in [3.63, 3.8) is 0 Å². The van der Waals surface area contributed by atoms with Crippen molar-refractivity contribution in [3.05, 3.63) is 24.8 Å². The summed E-state index contributed by atoms with van der Waals surface area (Å²) in [5.74, 6) is 0.675. The molecule has 0 aromatic heterocycles. The molecule has 0 aromatic rings. The van der Waals surface area contributed by atoms with Gasteiger partial charge in [0.1, 0.15) is 0 Å². The quantitative estimate of drug-likeness (QED) is 0.476.